The summed E-state index contributed by atoms with van der Waals surface area (Å²) < 4.78 is 3.81. The molecule has 2 aromatic heterocycles. The standard InChI is InChI=1S/C24H24N2S/c1-16-8-9-21-19(12-16)20-15-25(3)11-10-22(20)26(21)14-17(2)24-13-18-6-4-5-7-23(18)27-24/h4-9,12-14H,10-11,15H2,1-3H3. The molecule has 0 bridgehead atoms. The molecule has 1 aliphatic heterocycles. The maximum atomic E-state index is 2.46. The van der Waals surface area contributed by atoms with Crippen molar-refractivity contribution in [3.63, 3.8) is 0 Å². The summed E-state index contributed by atoms with van der Waals surface area (Å²) >= 11 is 1.88. The summed E-state index contributed by atoms with van der Waals surface area (Å²) in [6, 6.07) is 17.8. The third kappa shape index (κ3) is 2.82. The molecular weight excluding hydrogens is 348 g/mol. The summed E-state index contributed by atoms with van der Waals surface area (Å²) in [5.74, 6) is 0. The summed E-state index contributed by atoms with van der Waals surface area (Å²) in [6.45, 7) is 6.59. The first-order valence-corrected chi connectivity index (χ1v) is 10.4. The van der Waals surface area contributed by atoms with E-state index in [1.165, 1.54) is 48.3 Å². The molecule has 3 heterocycles. The molecule has 0 amide bonds. The lowest BCUT2D eigenvalue weighted by Gasteiger charge is -2.23. The molecular formula is C24H24N2S. The topological polar surface area (TPSA) is 8.17 Å². The molecule has 2 aromatic carbocycles. The maximum Gasteiger partial charge on any atom is 0.0529 e. The van der Waals surface area contributed by atoms with Crippen LogP contribution in [-0.4, -0.2) is 23.1 Å². The zero-order valence-corrected chi connectivity index (χ0v) is 16.9. The van der Waals surface area contributed by atoms with Gasteiger partial charge in [-0.05, 0) is 61.7 Å². The van der Waals surface area contributed by atoms with Crippen LogP contribution in [0, 0.1) is 6.92 Å². The molecule has 0 N–H and O–H groups in total. The van der Waals surface area contributed by atoms with Crippen molar-refractivity contribution in [1.29, 1.82) is 0 Å². The van der Waals surface area contributed by atoms with Gasteiger partial charge in [0.1, 0.15) is 0 Å². The summed E-state index contributed by atoms with van der Waals surface area (Å²) in [6.07, 6.45) is 3.46. The van der Waals surface area contributed by atoms with Gasteiger partial charge in [0.2, 0.25) is 0 Å². The van der Waals surface area contributed by atoms with Crippen molar-refractivity contribution < 1.29 is 0 Å². The summed E-state index contributed by atoms with van der Waals surface area (Å²) in [7, 11) is 2.22. The third-order valence-electron chi connectivity index (χ3n) is 5.67. The lowest BCUT2D eigenvalue weighted by Crippen LogP contribution is -2.26. The lowest BCUT2D eigenvalue weighted by molar-refractivity contribution is 0.312. The van der Waals surface area contributed by atoms with E-state index in [9.17, 15) is 0 Å². The van der Waals surface area contributed by atoms with Crippen LogP contribution in [0.5, 0.6) is 0 Å². The molecule has 4 aromatic rings. The van der Waals surface area contributed by atoms with E-state index < -0.39 is 0 Å². The molecule has 27 heavy (non-hydrogen) atoms. The predicted molar refractivity (Wildman–Crippen MR) is 118 cm³/mol. The van der Waals surface area contributed by atoms with Crippen molar-refractivity contribution in [1.82, 2.24) is 9.47 Å². The quantitative estimate of drug-likeness (QED) is 0.408. The fourth-order valence-corrected chi connectivity index (χ4v) is 5.25. The van der Waals surface area contributed by atoms with Gasteiger partial charge in [-0.25, -0.2) is 0 Å². The second-order valence-electron chi connectivity index (χ2n) is 7.76. The van der Waals surface area contributed by atoms with E-state index in [2.05, 4.69) is 85.1 Å². The van der Waals surface area contributed by atoms with Gasteiger partial charge in [-0.2, -0.15) is 0 Å². The number of hydrogen-bond acceptors (Lipinski definition) is 2. The molecule has 3 heteroatoms. The van der Waals surface area contributed by atoms with Crippen molar-refractivity contribution in [2.45, 2.75) is 26.8 Å². The average molecular weight is 373 g/mol. The van der Waals surface area contributed by atoms with Crippen molar-refractivity contribution in [3.8, 4) is 0 Å². The maximum absolute atomic E-state index is 2.46. The van der Waals surface area contributed by atoms with Crippen LogP contribution < -0.4 is 0 Å². The molecule has 0 aliphatic carbocycles. The summed E-state index contributed by atoms with van der Waals surface area (Å²) in [5, 5.41) is 2.75. The first kappa shape index (κ1) is 16.8. The van der Waals surface area contributed by atoms with Crippen LogP contribution in [0.3, 0.4) is 0 Å². The molecule has 0 saturated carbocycles. The largest absolute Gasteiger partial charge is 0.320 e. The van der Waals surface area contributed by atoms with Crippen molar-refractivity contribution in [3.05, 3.63) is 70.2 Å². The van der Waals surface area contributed by atoms with Gasteiger partial charge in [0.25, 0.3) is 0 Å². The van der Waals surface area contributed by atoms with E-state index in [0.717, 1.165) is 19.5 Å². The Bertz CT molecular complexity index is 1160. The molecule has 5 rings (SSSR count). The number of likely N-dealkylation sites (N-methyl/N-ethyl adjacent to an activating group) is 1. The Morgan fingerprint density at radius 2 is 1.96 bits per heavy atom. The second kappa shape index (κ2) is 6.36. The van der Waals surface area contributed by atoms with Crippen LogP contribution >= 0.6 is 11.3 Å². The van der Waals surface area contributed by atoms with Gasteiger partial charge in [0.15, 0.2) is 0 Å². The lowest BCUT2D eigenvalue weighted by atomic mass is 10.0. The molecule has 0 unspecified atom stereocenters. The monoisotopic (exact) mass is 372 g/mol. The highest BCUT2D eigenvalue weighted by molar-refractivity contribution is 7.20. The van der Waals surface area contributed by atoms with Gasteiger partial charge >= 0.3 is 0 Å². The number of nitrogens with zero attached hydrogens (tertiary/aromatic N) is 2. The summed E-state index contributed by atoms with van der Waals surface area (Å²) in [5.41, 5.74) is 6.98. The number of hydrogen-bond donors (Lipinski definition) is 0. The Labute approximate surface area is 164 Å². The molecule has 0 atom stereocenters. The number of fused-ring (bicyclic) bond motifs is 4. The van der Waals surface area contributed by atoms with Gasteiger partial charge < -0.3 is 9.47 Å². The highest BCUT2D eigenvalue weighted by atomic mass is 32.1. The first-order chi connectivity index (χ1) is 13.1. The van der Waals surface area contributed by atoms with E-state index in [1.54, 1.807) is 0 Å². The van der Waals surface area contributed by atoms with Crippen LogP contribution in [-0.2, 0) is 13.0 Å². The molecule has 136 valence electrons. The Morgan fingerprint density at radius 3 is 2.81 bits per heavy atom. The van der Waals surface area contributed by atoms with E-state index >= 15 is 0 Å². The highest BCUT2D eigenvalue weighted by Gasteiger charge is 2.22. The zero-order chi connectivity index (χ0) is 18.5. The van der Waals surface area contributed by atoms with E-state index in [-0.39, 0.29) is 0 Å². The van der Waals surface area contributed by atoms with Gasteiger partial charge in [-0.3, -0.25) is 0 Å². The molecule has 1 aliphatic rings. The average Bonchev–Trinajstić information content (AvgIpc) is 3.22. The van der Waals surface area contributed by atoms with Crippen molar-refractivity contribution in [2.24, 2.45) is 0 Å². The SMILES string of the molecule is CC(=Cn1c2c(c3cc(C)ccc31)CN(C)CC2)c1cc2ccccc2s1. The van der Waals surface area contributed by atoms with Gasteiger partial charge in [0, 0.05) is 46.4 Å². The molecule has 0 fully saturated rings. The minimum Gasteiger partial charge on any atom is -0.320 e. The molecule has 2 nitrogen and oxygen atoms in total. The third-order valence-corrected chi connectivity index (χ3v) is 6.92. The van der Waals surface area contributed by atoms with Crippen molar-refractivity contribution >= 4 is 44.1 Å². The van der Waals surface area contributed by atoms with Gasteiger partial charge in [-0.15, -0.1) is 11.3 Å². The van der Waals surface area contributed by atoms with Gasteiger partial charge in [-0.1, -0.05) is 29.8 Å². The minimum absolute atomic E-state index is 1.04. The molecule has 0 saturated heterocycles. The number of aryl methyl sites for hydroxylation is 1. The minimum atomic E-state index is 1.04. The van der Waals surface area contributed by atoms with Crippen LogP contribution in [0.2, 0.25) is 0 Å². The zero-order valence-electron chi connectivity index (χ0n) is 16.1. The predicted octanol–water partition coefficient (Wildman–Crippen LogP) is 6.17. The van der Waals surface area contributed by atoms with E-state index in [4.69, 9.17) is 0 Å². The molecule has 0 radical (unpaired) electrons. The number of benzene rings is 2. The van der Waals surface area contributed by atoms with Crippen LogP contribution in [0.4, 0.5) is 0 Å². The number of rotatable bonds is 2. The number of allylic oxidation sites excluding steroid dienone is 1. The summed E-state index contributed by atoms with van der Waals surface area (Å²) in [4.78, 5) is 3.78. The number of aromatic nitrogens is 1. The molecule has 0 spiro atoms. The fourth-order valence-electron chi connectivity index (χ4n) is 4.22. The smallest absolute Gasteiger partial charge is 0.0529 e. The van der Waals surface area contributed by atoms with Crippen molar-refractivity contribution in [2.75, 3.05) is 13.6 Å². The number of thiophene rings is 1. The van der Waals surface area contributed by atoms with Crippen LogP contribution in [0.15, 0.2) is 48.5 Å². The first-order valence-electron chi connectivity index (χ1n) is 9.58. The van der Waals surface area contributed by atoms with Crippen LogP contribution in [0.25, 0.3) is 32.8 Å². The Morgan fingerprint density at radius 1 is 1.11 bits per heavy atom. The Balaban J connectivity index is 1.69. The highest BCUT2D eigenvalue weighted by Crippen LogP contribution is 2.35. The van der Waals surface area contributed by atoms with Crippen LogP contribution in [0.1, 0.15) is 28.6 Å². The Kier molecular flexibility index (Phi) is 3.96. The van der Waals surface area contributed by atoms with E-state index in [1.807, 2.05) is 11.3 Å². The normalized spacial score (nSPS) is 15.6. The Hall–Kier alpha value is -2.36. The van der Waals surface area contributed by atoms with E-state index in [0.29, 0.717) is 0 Å². The second-order valence-corrected chi connectivity index (χ2v) is 8.85. The van der Waals surface area contributed by atoms with Gasteiger partial charge in [0.05, 0.1) is 5.52 Å². The fraction of sp³-hybridized carbons (Fsp3) is 0.250.